The summed E-state index contributed by atoms with van der Waals surface area (Å²) in [4.78, 5) is 0. The third-order valence-corrected chi connectivity index (χ3v) is 2.44. The number of hydrogen-bond acceptors (Lipinski definition) is 3. The van der Waals surface area contributed by atoms with E-state index in [2.05, 4.69) is 0 Å². The van der Waals surface area contributed by atoms with Gasteiger partial charge in [0.15, 0.2) is 0 Å². The van der Waals surface area contributed by atoms with Crippen molar-refractivity contribution in [3.63, 3.8) is 0 Å². The SMILES string of the molecule is NC1CC(CO)C(CO)C1F. The van der Waals surface area contributed by atoms with Crippen molar-refractivity contribution in [1.29, 1.82) is 0 Å². The molecule has 3 nitrogen and oxygen atoms in total. The average Bonchev–Trinajstić information content (AvgIpc) is 2.28. The maximum absolute atomic E-state index is 13.0. The summed E-state index contributed by atoms with van der Waals surface area (Å²) in [6, 6.07) is -0.510. The van der Waals surface area contributed by atoms with Gasteiger partial charge < -0.3 is 15.9 Å². The molecule has 4 atom stereocenters. The van der Waals surface area contributed by atoms with E-state index in [9.17, 15) is 4.39 Å². The lowest BCUT2D eigenvalue weighted by atomic mass is 9.97. The number of rotatable bonds is 2. The molecule has 0 aromatic carbocycles. The van der Waals surface area contributed by atoms with E-state index >= 15 is 0 Å². The van der Waals surface area contributed by atoms with E-state index in [-0.39, 0.29) is 19.1 Å². The smallest absolute Gasteiger partial charge is 0.120 e. The van der Waals surface area contributed by atoms with Crippen LogP contribution in [0, 0.1) is 11.8 Å². The van der Waals surface area contributed by atoms with Crippen molar-refractivity contribution in [2.45, 2.75) is 18.6 Å². The normalized spacial score (nSPS) is 44.7. The molecular weight excluding hydrogens is 149 g/mol. The standard InChI is InChI=1S/C7H14FNO2/c8-7-5(3-11)4(2-10)1-6(7)9/h4-7,10-11H,1-3,9H2. The molecule has 11 heavy (non-hydrogen) atoms. The summed E-state index contributed by atoms with van der Waals surface area (Å²) in [6.45, 7) is -0.306. The number of halogens is 1. The molecule has 66 valence electrons. The van der Waals surface area contributed by atoms with E-state index in [1.807, 2.05) is 0 Å². The van der Waals surface area contributed by atoms with Gasteiger partial charge in [0.05, 0.1) is 0 Å². The molecule has 0 saturated heterocycles. The first kappa shape index (κ1) is 8.90. The molecule has 1 aliphatic rings. The van der Waals surface area contributed by atoms with Gasteiger partial charge in [-0.05, 0) is 12.3 Å². The van der Waals surface area contributed by atoms with Crippen molar-refractivity contribution in [2.75, 3.05) is 13.2 Å². The molecule has 1 fully saturated rings. The van der Waals surface area contributed by atoms with Crippen LogP contribution in [0.4, 0.5) is 4.39 Å². The Bertz CT molecular complexity index is 134. The fourth-order valence-electron chi connectivity index (χ4n) is 1.69. The average molecular weight is 163 g/mol. The minimum Gasteiger partial charge on any atom is -0.396 e. The third-order valence-electron chi connectivity index (χ3n) is 2.44. The van der Waals surface area contributed by atoms with E-state index < -0.39 is 18.1 Å². The number of aliphatic hydroxyl groups excluding tert-OH is 2. The summed E-state index contributed by atoms with van der Waals surface area (Å²) >= 11 is 0. The second-order valence-corrected chi connectivity index (χ2v) is 3.13. The zero-order valence-corrected chi connectivity index (χ0v) is 6.28. The first-order valence-corrected chi connectivity index (χ1v) is 3.82. The van der Waals surface area contributed by atoms with E-state index in [0.717, 1.165) is 0 Å². The van der Waals surface area contributed by atoms with Crippen LogP contribution in [0.5, 0.6) is 0 Å². The van der Waals surface area contributed by atoms with Crippen LogP contribution in [-0.2, 0) is 0 Å². The second kappa shape index (κ2) is 3.47. The number of hydrogen-bond donors (Lipinski definition) is 3. The van der Waals surface area contributed by atoms with Gasteiger partial charge in [0.2, 0.25) is 0 Å². The molecule has 0 aliphatic heterocycles. The molecule has 4 N–H and O–H groups in total. The van der Waals surface area contributed by atoms with Gasteiger partial charge in [0.1, 0.15) is 6.17 Å². The van der Waals surface area contributed by atoms with Crippen LogP contribution in [-0.4, -0.2) is 35.6 Å². The highest BCUT2D eigenvalue weighted by atomic mass is 19.1. The van der Waals surface area contributed by atoms with Crippen LogP contribution in [0.3, 0.4) is 0 Å². The number of nitrogens with two attached hydrogens (primary N) is 1. The summed E-state index contributed by atoms with van der Waals surface area (Å²) in [5.41, 5.74) is 5.41. The fourth-order valence-corrected chi connectivity index (χ4v) is 1.69. The zero-order valence-electron chi connectivity index (χ0n) is 6.28. The second-order valence-electron chi connectivity index (χ2n) is 3.13. The maximum Gasteiger partial charge on any atom is 0.120 e. The first-order valence-electron chi connectivity index (χ1n) is 3.82. The van der Waals surface area contributed by atoms with Gasteiger partial charge in [0, 0.05) is 25.2 Å². The van der Waals surface area contributed by atoms with Crippen molar-refractivity contribution in [3.8, 4) is 0 Å². The highest BCUT2D eigenvalue weighted by molar-refractivity contribution is 4.92. The monoisotopic (exact) mass is 163 g/mol. The van der Waals surface area contributed by atoms with Gasteiger partial charge in [-0.3, -0.25) is 0 Å². The topological polar surface area (TPSA) is 66.5 Å². The fraction of sp³-hybridized carbons (Fsp3) is 1.00. The molecule has 0 spiro atoms. The van der Waals surface area contributed by atoms with Crippen LogP contribution < -0.4 is 5.73 Å². The van der Waals surface area contributed by atoms with Crippen molar-refractivity contribution in [2.24, 2.45) is 17.6 Å². The Labute approximate surface area is 65.0 Å². The Balaban J connectivity index is 2.57. The highest BCUT2D eigenvalue weighted by Crippen LogP contribution is 2.32. The maximum atomic E-state index is 13.0. The van der Waals surface area contributed by atoms with E-state index in [0.29, 0.717) is 6.42 Å². The van der Waals surface area contributed by atoms with Crippen LogP contribution in [0.2, 0.25) is 0 Å². The van der Waals surface area contributed by atoms with Crippen LogP contribution in [0.25, 0.3) is 0 Å². The molecule has 1 aliphatic carbocycles. The number of alkyl halides is 1. The lowest BCUT2D eigenvalue weighted by Crippen LogP contribution is -2.30. The number of aliphatic hydroxyl groups is 2. The summed E-state index contributed by atoms with van der Waals surface area (Å²) in [6.07, 6.45) is -0.680. The zero-order chi connectivity index (χ0) is 8.43. The van der Waals surface area contributed by atoms with Crippen LogP contribution in [0.15, 0.2) is 0 Å². The highest BCUT2D eigenvalue weighted by Gasteiger charge is 2.40. The van der Waals surface area contributed by atoms with Crippen molar-refractivity contribution < 1.29 is 14.6 Å². The Morgan fingerprint density at radius 2 is 2.00 bits per heavy atom. The van der Waals surface area contributed by atoms with Gasteiger partial charge in [0.25, 0.3) is 0 Å². The van der Waals surface area contributed by atoms with Crippen LogP contribution in [0.1, 0.15) is 6.42 Å². The van der Waals surface area contributed by atoms with Gasteiger partial charge in [-0.2, -0.15) is 0 Å². The molecule has 1 saturated carbocycles. The Kier molecular flexibility index (Phi) is 2.81. The van der Waals surface area contributed by atoms with E-state index in [1.165, 1.54) is 0 Å². The predicted molar refractivity (Wildman–Crippen MR) is 38.6 cm³/mol. The molecule has 0 radical (unpaired) electrons. The first-order chi connectivity index (χ1) is 5.20. The summed E-state index contributed by atoms with van der Waals surface area (Å²) in [5.74, 6) is -0.625. The molecule has 4 unspecified atom stereocenters. The van der Waals surface area contributed by atoms with E-state index in [4.69, 9.17) is 15.9 Å². The lowest BCUT2D eigenvalue weighted by molar-refractivity contribution is 0.0995. The summed E-state index contributed by atoms with van der Waals surface area (Å²) in [5, 5.41) is 17.5. The van der Waals surface area contributed by atoms with E-state index in [1.54, 1.807) is 0 Å². The molecule has 0 bridgehead atoms. The predicted octanol–water partition coefficient (Wildman–Crippen LogP) is -0.728. The van der Waals surface area contributed by atoms with Gasteiger partial charge in [-0.1, -0.05) is 0 Å². The Hall–Kier alpha value is -0.190. The minimum atomic E-state index is -1.16. The molecule has 4 heteroatoms. The lowest BCUT2D eigenvalue weighted by Gasteiger charge is -2.15. The summed E-state index contributed by atoms with van der Waals surface area (Å²) in [7, 11) is 0. The summed E-state index contributed by atoms with van der Waals surface area (Å²) < 4.78 is 13.0. The van der Waals surface area contributed by atoms with Gasteiger partial charge >= 0.3 is 0 Å². The quantitative estimate of drug-likeness (QED) is 0.503. The van der Waals surface area contributed by atoms with Crippen molar-refractivity contribution in [1.82, 2.24) is 0 Å². The molecular formula is C7H14FNO2. The largest absolute Gasteiger partial charge is 0.396 e. The molecule has 0 heterocycles. The van der Waals surface area contributed by atoms with Gasteiger partial charge in [-0.25, -0.2) is 4.39 Å². The van der Waals surface area contributed by atoms with Crippen molar-refractivity contribution >= 4 is 0 Å². The Morgan fingerprint density at radius 3 is 2.36 bits per heavy atom. The molecule has 0 aromatic rings. The van der Waals surface area contributed by atoms with Gasteiger partial charge in [-0.15, -0.1) is 0 Å². The van der Waals surface area contributed by atoms with Crippen LogP contribution >= 0.6 is 0 Å². The molecule has 1 rings (SSSR count). The third kappa shape index (κ3) is 1.52. The minimum absolute atomic E-state index is 0.0840. The molecule has 0 aromatic heterocycles. The van der Waals surface area contributed by atoms with Crippen molar-refractivity contribution in [3.05, 3.63) is 0 Å². The Morgan fingerprint density at radius 1 is 1.36 bits per heavy atom. The molecule has 0 amide bonds.